The summed E-state index contributed by atoms with van der Waals surface area (Å²) in [6.07, 6.45) is 2.96. The topological polar surface area (TPSA) is 78.5 Å². The van der Waals surface area contributed by atoms with E-state index in [0.29, 0.717) is 12.8 Å². The summed E-state index contributed by atoms with van der Waals surface area (Å²) >= 11 is 0. The van der Waals surface area contributed by atoms with Crippen LogP contribution in [0.25, 0.3) is 0 Å². The molecule has 4 rings (SSSR count). The normalized spacial score (nSPS) is 21.3. The summed E-state index contributed by atoms with van der Waals surface area (Å²) in [5.74, 6) is -0.676. The molecule has 2 aromatic carbocycles. The highest BCUT2D eigenvalue weighted by atomic mass is 16.2. The number of urea groups is 1. The summed E-state index contributed by atoms with van der Waals surface area (Å²) in [5, 5.41) is 5.86. The number of nitrogens with one attached hydrogen (secondary N) is 2. The van der Waals surface area contributed by atoms with Gasteiger partial charge < -0.3 is 10.6 Å². The van der Waals surface area contributed by atoms with E-state index in [1.807, 2.05) is 62.4 Å². The number of imide groups is 1. The van der Waals surface area contributed by atoms with Crippen LogP contribution < -0.4 is 10.6 Å². The first-order valence-electron chi connectivity index (χ1n) is 10.5. The zero-order valence-electron chi connectivity index (χ0n) is 17.4. The Morgan fingerprint density at radius 1 is 1.17 bits per heavy atom. The average Bonchev–Trinajstić information content (AvgIpc) is 2.98. The molecule has 1 spiro atoms. The Morgan fingerprint density at radius 2 is 1.90 bits per heavy atom. The van der Waals surface area contributed by atoms with Gasteiger partial charge in [-0.05, 0) is 49.3 Å². The Kier molecular flexibility index (Phi) is 5.33. The number of hydrogen-bond donors (Lipinski definition) is 2. The predicted molar refractivity (Wildman–Crippen MR) is 114 cm³/mol. The lowest BCUT2D eigenvalue weighted by Crippen LogP contribution is -2.47. The molecular weight excluding hydrogens is 378 g/mol. The molecular formula is C24H27N3O3. The largest absolute Gasteiger partial charge is 0.348 e. The smallest absolute Gasteiger partial charge is 0.325 e. The number of rotatable bonds is 5. The molecule has 0 radical (unpaired) electrons. The van der Waals surface area contributed by atoms with E-state index >= 15 is 0 Å². The van der Waals surface area contributed by atoms with Crippen LogP contribution in [0.1, 0.15) is 54.5 Å². The molecule has 2 N–H and O–H groups in total. The van der Waals surface area contributed by atoms with Crippen LogP contribution in [0.3, 0.4) is 0 Å². The number of fused-ring (bicyclic) bond motifs is 2. The first-order valence-corrected chi connectivity index (χ1v) is 10.5. The van der Waals surface area contributed by atoms with Crippen LogP contribution in [0.5, 0.6) is 0 Å². The van der Waals surface area contributed by atoms with Crippen molar-refractivity contribution >= 4 is 17.8 Å². The number of hydrogen-bond acceptors (Lipinski definition) is 3. The second-order valence-corrected chi connectivity index (χ2v) is 8.18. The molecule has 2 atom stereocenters. The lowest BCUT2D eigenvalue weighted by molar-refractivity contribution is -0.135. The molecule has 1 fully saturated rings. The number of carbonyl (C=O) groups excluding carboxylic acids is 3. The third kappa shape index (κ3) is 3.47. The van der Waals surface area contributed by atoms with Crippen LogP contribution >= 0.6 is 0 Å². The van der Waals surface area contributed by atoms with Crippen molar-refractivity contribution in [3.05, 3.63) is 70.8 Å². The minimum Gasteiger partial charge on any atom is -0.348 e. The molecule has 2 aliphatic rings. The molecule has 2 aromatic rings. The van der Waals surface area contributed by atoms with E-state index in [9.17, 15) is 14.4 Å². The Labute approximate surface area is 176 Å². The zero-order valence-corrected chi connectivity index (χ0v) is 17.4. The van der Waals surface area contributed by atoms with E-state index in [0.717, 1.165) is 40.0 Å². The van der Waals surface area contributed by atoms with Crippen molar-refractivity contribution in [1.29, 1.82) is 0 Å². The van der Waals surface area contributed by atoms with E-state index in [4.69, 9.17) is 0 Å². The van der Waals surface area contributed by atoms with Gasteiger partial charge in [0.2, 0.25) is 5.91 Å². The lowest BCUT2D eigenvalue weighted by atomic mass is 9.76. The molecule has 0 bridgehead atoms. The monoisotopic (exact) mass is 405 g/mol. The van der Waals surface area contributed by atoms with Gasteiger partial charge in [0, 0.05) is 0 Å². The van der Waals surface area contributed by atoms with Gasteiger partial charge in [0.05, 0.1) is 6.04 Å². The van der Waals surface area contributed by atoms with E-state index in [1.54, 1.807) is 0 Å². The molecule has 6 heteroatoms. The summed E-state index contributed by atoms with van der Waals surface area (Å²) in [4.78, 5) is 39.8. The molecule has 0 aromatic heterocycles. The second-order valence-electron chi connectivity index (χ2n) is 8.18. The SMILES string of the molecule is CC[C@@H](NC(=O)CN1C(=O)N[C@]2(CCCc3ccccc32)C1=O)c1ccc(C)cc1. The van der Waals surface area contributed by atoms with Gasteiger partial charge in [-0.25, -0.2) is 4.79 Å². The molecule has 1 saturated heterocycles. The highest BCUT2D eigenvalue weighted by Crippen LogP contribution is 2.39. The number of carbonyl (C=O) groups is 3. The number of nitrogens with zero attached hydrogens (tertiary/aromatic N) is 1. The number of benzene rings is 2. The highest BCUT2D eigenvalue weighted by Gasteiger charge is 2.54. The Bertz CT molecular complexity index is 985. The van der Waals surface area contributed by atoms with Crippen molar-refractivity contribution in [3.63, 3.8) is 0 Å². The predicted octanol–water partition coefficient (Wildman–Crippen LogP) is 3.35. The first-order chi connectivity index (χ1) is 14.4. The van der Waals surface area contributed by atoms with Gasteiger partial charge in [0.25, 0.3) is 5.91 Å². The van der Waals surface area contributed by atoms with Gasteiger partial charge in [-0.15, -0.1) is 0 Å². The third-order valence-electron chi connectivity index (χ3n) is 6.18. The molecule has 6 nitrogen and oxygen atoms in total. The van der Waals surface area contributed by atoms with Gasteiger partial charge in [-0.1, -0.05) is 61.0 Å². The van der Waals surface area contributed by atoms with E-state index < -0.39 is 11.6 Å². The van der Waals surface area contributed by atoms with Crippen molar-refractivity contribution < 1.29 is 14.4 Å². The lowest BCUT2D eigenvalue weighted by Gasteiger charge is -2.33. The molecule has 1 heterocycles. The van der Waals surface area contributed by atoms with E-state index in [-0.39, 0.29) is 24.4 Å². The summed E-state index contributed by atoms with van der Waals surface area (Å²) < 4.78 is 0. The molecule has 156 valence electrons. The van der Waals surface area contributed by atoms with Crippen molar-refractivity contribution in [2.75, 3.05) is 6.54 Å². The van der Waals surface area contributed by atoms with Crippen LogP contribution in [0.15, 0.2) is 48.5 Å². The Balaban J connectivity index is 1.50. The fourth-order valence-electron chi connectivity index (χ4n) is 4.56. The van der Waals surface area contributed by atoms with Gasteiger partial charge in [0.15, 0.2) is 0 Å². The quantitative estimate of drug-likeness (QED) is 0.749. The number of aryl methyl sites for hydroxylation is 2. The Morgan fingerprint density at radius 3 is 2.63 bits per heavy atom. The van der Waals surface area contributed by atoms with E-state index in [2.05, 4.69) is 10.6 Å². The van der Waals surface area contributed by atoms with Crippen LogP contribution in [0.4, 0.5) is 4.79 Å². The molecule has 0 saturated carbocycles. The van der Waals surface area contributed by atoms with Gasteiger partial charge in [0.1, 0.15) is 12.1 Å². The van der Waals surface area contributed by atoms with Crippen LogP contribution in [0, 0.1) is 6.92 Å². The van der Waals surface area contributed by atoms with Crippen LogP contribution in [0.2, 0.25) is 0 Å². The second kappa shape index (κ2) is 7.94. The van der Waals surface area contributed by atoms with Crippen molar-refractivity contribution in [2.24, 2.45) is 0 Å². The fraction of sp³-hybridized carbons (Fsp3) is 0.375. The average molecular weight is 405 g/mol. The summed E-state index contributed by atoms with van der Waals surface area (Å²) in [6.45, 7) is 3.73. The molecule has 4 amide bonds. The molecule has 30 heavy (non-hydrogen) atoms. The summed E-state index contributed by atoms with van der Waals surface area (Å²) in [6, 6.07) is 15.1. The maximum atomic E-state index is 13.3. The molecule has 1 aliphatic heterocycles. The Hall–Kier alpha value is -3.15. The summed E-state index contributed by atoms with van der Waals surface area (Å²) in [7, 11) is 0. The zero-order chi connectivity index (χ0) is 21.3. The maximum absolute atomic E-state index is 13.3. The third-order valence-corrected chi connectivity index (χ3v) is 6.18. The fourth-order valence-corrected chi connectivity index (χ4v) is 4.56. The first kappa shape index (κ1) is 20.1. The van der Waals surface area contributed by atoms with Gasteiger partial charge in [-0.2, -0.15) is 0 Å². The van der Waals surface area contributed by atoms with Gasteiger partial charge in [-0.3, -0.25) is 14.5 Å². The van der Waals surface area contributed by atoms with Gasteiger partial charge >= 0.3 is 6.03 Å². The van der Waals surface area contributed by atoms with Crippen molar-refractivity contribution in [1.82, 2.24) is 15.5 Å². The molecule has 0 unspecified atom stereocenters. The maximum Gasteiger partial charge on any atom is 0.325 e. The minimum atomic E-state index is -1.05. The summed E-state index contributed by atoms with van der Waals surface area (Å²) in [5.41, 5.74) is 3.04. The van der Waals surface area contributed by atoms with E-state index in [1.165, 1.54) is 0 Å². The van der Waals surface area contributed by atoms with Crippen molar-refractivity contribution in [2.45, 2.75) is 51.1 Å². The van der Waals surface area contributed by atoms with Crippen molar-refractivity contribution in [3.8, 4) is 0 Å². The van der Waals surface area contributed by atoms with Crippen LogP contribution in [-0.4, -0.2) is 29.3 Å². The molecule has 1 aliphatic carbocycles. The standard InChI is InChI=1S/C24H27N3O3/c1-3-20(18-12-10-16(2)11-13-18)25-21(28)15-27-22(29)24(26-23(27)30)14-6-8-17-7-4-5-9-19(17)24/h4-5,7,9-13,20H,3,6,8,14-15H2,1-2H3,(H,25,28)(H,26,30)/t20-,24+/m1/s1. The van der Waals surface area contributed by atoms with Crippen LogP contribution in [-0.2, 0) is 21.5 Å². The number of amides is 4. The highest BCUT2D eigenvalue weighted by molar-refractivity contribution is 6.09. The minimum absolute atomic E-state index is 0.164.